The first kappa shape index (κ1) is 15.7. The zero-order valence-electron chi connectivity index (χ0n) is 11.4. The van der Waals surface area contributed by atoms with Gasteiger partial charge in [-0.1, -0.05) is 79.9 Å². The molecule has 0 N–H and O–H groups in total. The zero-order valence-corrected chi connectivity index (χ0v) is 14.5. The fourth-order valence-electron chi connectivity index (χ4n) is 2.47. The molecule has 106 valence electrons. The molecule has 20 heavy (non-hydrogen) atoms. The fraction of sp³-hybridized carbons (Fsp3) is 0.294. The Morgan fingerprint density at radius 3 is 2.30 bits per heavy atom. The number of hydrogen-bond donors (Lipinski definition) is 0. The Hall–Kier alpha value is -0.670. The number of alkyl halides is 2. The minimum absolute atomic E-state index is 0.140. The van der Waals surface area contributed by atoms with Gasteiger partial charge in [-0.2, -0.15) is 0 Å². The maximum absolute atomic E-state index is 14.2. The molecule has 2 rings (SSSR count). The van der Waals surface area contributed by atoms with E-state index >= 15 is 0 Å². The summed E-state index contributed by atoms with van der Waals surface area (Å²) in [6.45, 7) is 2.08. The molecule has 2 aromatic carbocycles. The predicted molar refractivity (Wildman–Crippen MR) is 90.5 cm³/mol. The normalized spacial score (nSPS) is 11.6. The number of rotatable bonds is 5. The van der Waals surface area contributed by atoms with E-state index in [1.54, 1.807) is 6.07 Å². The Morgan fingerprint density at radius 2 is 1.70 bits per heavy atom. The highest BCUT2D eigenvalue weighted by molar-refractivity contribution is 9.09. The van der Waals surface area contributed by atoms with Gasteiger partial charge in [0.15, 0.2) is 0 Å². The van der Waals surface area contributed by atoms with E-state index in [0.29, 0.717) is 10.7 Å². The predicted octanol–water partition coefficient (Wildman–Crippen LogP) is 5.40. The second-order valence-corrected chi connectivity index (χ2v) is 6.31. The molecule has 0 aromatic heterocycles. The van der Waals surface area contributed by atoms with Crippen LogP contribution in [0, 0.1) is 12.7 Å². The Balaban J connectivity index is 2.42. The average molecular weight is 400 g/mol. The maximum atomic E-state index is 14.2. The van der Waals surface area contributed by atoms with Crippen molar-refractivity contribution in [2.45, 2.75) is 18.8 Å². The van der Waals surface area contributed by atoms with Crippen molar-refractivity contribution in [3.05, 3.63) is 71.0 Å². The molecule has 3 heteroatoms. The summed E-state index contributed by atoms with van der Waals surface area (Å²) in [6, 6.07) is 15.5. The lowest BCUT2D eigenvalue weighted by Crippen LogP contribution is -2.34. The summed E-state index contributed by atoms with van der Waals surface area (Å²) in [4.78, 5) is 0. The van der Waals surface area contributed by atoms with Crippen molar-refractivity contribution in [1.82, 2.24) is 0 Å². The minimum Gasteiger partial charge on any atom is -0.207 e. The highest BCUT2D eigenvalue weighted by Gasteiger charge is 2.32. The van der Waals surface area contributed by atoms with Gasteiger partial charge in [0, 0.05) is 16.1 Å². The van der Waals surface area contributed by atoms with Crippen molar-refractivity contribution < 1.29 is 4.39 Å². The smallest absolute Gasteiger partial charge is 0.127 e. The molecule has 0 nitrogen and oxygen atoms in total. The van der Waals surface area contributed by atoms with Gasteiger partial charge < -0.3 is 0 Å². The Labute approximate surface area is 136 Å². The Morgan fingerprint density at radius 1 is 1.00 bits per heavy atom. The van der Waals surface area contributed by atoms with Crippen LogP contribution < -0.4 is 0 Å². The standard InChI is InChI=1S/C17H17Br2F/c1-13-5-4-6-14(9-13)10-17(11-18,12-19)15-7-2-3-8-16(15)20/h2-9H,10-12H2,1H3. The summed E-state index contributed by atoms with van der Waals surface area (Å²) < 4.78 is 14.2. The van der Waals surface area contributed by atoms with Crippen molar-refractivity contribution in [2.24, 2.45) is 0 Å². The van der Waals surface area contributed by atoms with Gasteiger partial charge in [-0.15, -0.1) is 0 Å². The second kappa shape index (κ2) is 6.86. The molecule has 0 aliphatic heterocycles. The highest BCUT2D eigenvalue weighted by atomic mass is 79.9. The summed E-state index contributed by atoms with van der Waals surface area (Å²) >= 11 is 7.17. The molecule has 0 aliphatic rings. The lowest BCUT2D eigenvalue weighted by molar-refractivity contribution is 0.501. The van der Waals surface area contributed by atoms with Gasteiger partial charge in [-0.3, -0.25) is 0 Å². The zero-order chi connectivity index (χ0) is 14.6. The van der Waals surface area contributed by atoms with E-state index in [9.17, 15) is 4.39 Å². The molecule has 2 aromatic rings. The molecule has 0 bridgehead atoms. The van der Waals surface area contributed by atoms with Crippen LogP contribution in [0.25, 0.3) is 0 Å². The van der Waals surface area contributed by atoms with Crippen molar-refractivity contribution in [2.75, 3.05) is 10.7 Å². The van der Waals surface area contributed by atoms with E-state index in [1.165, 1.54) is 17.2 Å². The molecule has 0 unspecified atom stereocenters. The van der Waals surface area contributed by atoms with E-state index in [1.807, 2.05) is 12.1 Å². The number of benzene rings is 2. The van der Waals surface area contributed by atoms with Crippen molar-refractivity contribution in [3.8, 4) is 0 Å². The van der Waals surface area contributed by atoms with Crippen LogP contribution >= 0.6 is 31.9 Å². The molecule has 0 amide bonds. The van der Waals surface area contributed by atoms with Gasteiger partial charge in [0.1, 0.15) is 5.82 Å². The molecule has 0 saturated heterocycles. The monoisotopic (exact) mass is 398 g/mol. The topological polar surface area (TPSA) is 0 Å². The quantitative estimate of drug-likeness (QED) is 0.590. The molecule has 0 radical (unpaired) electrons. The van der Waals surface area contributed by atoms with Gasteiger partial charge in [0.05, 0.1) is 0 Å². The first-order chi connectivity index (χ1) is 9.61. The van der Waals surface area contributed by atoms with Gasteiger partial charge in [0.2, 0.25) is 0 Å². The van der Waals surface area contributed by atoms with E-state index in [-0.39, 0.29) is 11.2 Å². The molecular formula is C17H17Br2F. The lowest BCUT2D eigenvalue weighted by atomic mass is 9.78. The van der Waals surface area contributed by atoms with Crippen molar-refractivity contribution >= 4 is 31.9 Å². The first-order valence-corrected chi connectivity index (χ1v) is 8.78. The average Bonchev–Trinajstić information content (AvgIpc) is 2.46. The van der Waals surface area contributed by atoms with E-state index in [4.69, 9.17) is 0 Å². The summed E-state index contributed by atoms with van der Waals surface area (Å²) in [5.74, 6) is -0.140. The van der Waals surface area contributed by atoms with Crippen LogP contribution in [0.15, 0.2) is 48.5 Å². The maximum Gasteiger partial charge on any atom is 0.127 e. The Kier molecular flexibility index (Phi) is 5.39. The van der Waals surface area contributed by atoms with Gasteiger partial charge >= 0.3 is 0 Å². The molecule has 0 fully saturated rings. The van der Waals surface area contributed by atoms with E-state index in [2.05, 4.69) is 63.0 Å². The van der Waals surface area contributed by atoms with Crippen LogP contribution in [-0.2, 0) is 11.8 Å². The minimum atomic E-state index is -0.279. The van der Waals surface area contributed by atoms with E-state index in [0.717, 1.165) is 12.0 Å². The van der Waals surface area contributed by atoms with Crippen LogP contribution in [0.1, 0.15) is 16.7 Å². The third-order valence-corrected chi connectivity index (χ3v) is 5.73. The third kappa shape index (κ3) is 3.32. The number of hydrogen-bond acceptors (Lipinski definition) is 0. The van der Waals surface area contributed by atoms with Crippen LogP contribution in [0.2, 0.25) is 0 Å². The lowest BCUT2D eigenvalue weighted by Gasteiger charge is -2.31. The molecule has 0 saturated carbocycles. The molecule has 0 atom stereocenters. The van der Waals surface area contributed by atoms with Crippen LogP contribution in [0.4, 0.5) is 4.39 Å². The van der Waals surface area contributed by atoms with Crippen molar-refractivity contribution in [3.63, 3.8) is 0 Å². The molecule has 0 heterocycles. The third-order valence-electron chi connectivity index (χ3n) is 3.58. The van der Waals surface area contributed by atoms with Crippen LogP contribution in [-0.4, -0.2) is 10.7 Å². The molecule has 0 aliphatic carbocycles. The van der Waals surface area contributed by atoms with Crippen LogP contribution in [0.5, 0.6) is 0 Å². The van der Waals surface area contributed by atoms with Crippen LogP contribution in [0.3, 0.4) is 0 Å². The summed E-state index contributed by atoms with van der Waals surface area (Å²) in [7, 11) is 0. The summed E-state index contributed by atoms with van der Waals surface area (Å²) in [5, 5.41) is 1.42. The number of halogens is 3. The second-order valence-electron chi connectivity index (χ2n) is 5.19. The highest BCUT2D eigenvalue weighted by Crippen LogP contribution is 2.34. The summed E-state index contributed by atoms with van der Waals surface area (Å²) in [5.41, 5.74) is 2.94. The van der Waals surface area contributed by atoms with Gasteiger partial charge in [0.25, 0.3) is 0 Å². The number of aryl methyl sites for hydroxylation is 1. The Bertz CT molecular complexity index is 577. The van der Waals surface area contributed by atoms with Gasteiger partial charge in [-0.25, -0.2) is 4.39 Å². The summed E-state index contributed by atoms with van der Waals surface area (Å²) in [6.07, 6.45) is 0.798. The largest absolute Gasteiger partial charge is 0.207 e. The van der Waals surface area contributed by atoms with Gasteiger partial charge in [-0.05, 0) is 30.5 Å². The molecule has 0 spiro atoms. The van der Waals surface area contributed by atoms with E-state index < -0.39 is 0 Å². The fourth-order valence-corrected chi connectivity index (χ4v) is 4.40. The first-order valence-electron chi connectivity index (χ1n) is 6.54. The van der Waals surface area contributed by atoms with Crippen molar-refractivity contribution in [1.29, 1.82) is 0 Å². The SMILES string of the molecule is Cc1cccc(CC(CBr)(CBr)c2ccccc2F)c1. The molecular weight excluding hydrogens is 383 g/mol.